The number of urea groups is 1. The molecule has 0 spiro atoms. The van der Waals surface area contributed by atoms with E-state index in [1.165, 1.54) is 11.3 Å². The summed E-state index contributed by atoms with van der Waals surface area (Å²) in [7, 11) is 0. The van der Waals surface area contributed by atoms with Gasteiger partial charge in [-0.25, -0.2) is 9.78 Å². The molecule has 2 amide bonds. The molecule has 0 bridgehead atoms. The molecule has 1 aliphatic rings. The molecule has 0 unspecified atom stereocenters. The van der Waals surface area contributed by atoms with Crippen LogP contribution in [-0.4, -0.2) is 25.8 Å². The first-order valence-corrected chi connectivity index (χ1v) is 8.33. The third-order valence-corrected chi connectivity index (χ3v) is 4.72. The number of para-hydroxylation sites is 1. The third kappa shape index (κ3) is 2.89. The van der Waals surface area contributed by atoms with Gasteiger partial charge in [-0.1, -0.05) is 23.5 Å². The van der Waals surface area contributed by atoms with E-state index in [-0.39, 0.29) is 6.03 Å². The maximum Gasteiger partial charge on any atom is 0.321 e. The largest absolute Gasteiger partial charge is 0.331 e. The Morgan fingerprint density at radius 3 is 2.96 bits per heavy atom. The summed E-state index contributed by atoms with van der Waals surface area (Å²) in [5, 5.41) is 14.4. The van der Waals surface area contributed by atoms with Crippen molar-refractivity contribution in [1.29, 1.82) is 0 Å². The van der Waals surface area contributed by atoms with Crippen molar-refractivity contribution in [2.45, 2.75) is 32.4 Å². The first-order valence-electron chi connectivity index (χ1n) is 7.51. The fourth-order valence-electron chi connectivity index (χ4n) is 2.57. The van der Waals surface area contributed by atoms with Crippen LogP contribution in [0.4, 0.5) is 9.93 Å². The van der Waals surface area contributed by atoms with Gasteiger partial charge in [-0.15, -0.1) is 10.2 Å². The highest BCUT2D eigenvalue weighted by atomic mass is 32.1. The summed E-state index contributed by atoms with van der Waals surface area (Å²) >= 11 is 1.45. The lowest BCUT2D eigenvalue weighted by molar-refractivity contribution is 0.251. The highest BCUT2D eigenvalue weighted by Crippen LogP contribution is 2.36. The van der Waals surface area contributed by atoms with Crippen molar-refractivity contribution in [2.75, 3.05) is 5.32 Å². The summed E-state index contributed by atoms with van der Waals surface area (Å²) in [4.78, 5) is 16.4. The van der Waals surface area contributed by atoms with E-state index < -0.39 is 0 Å². The Morgan fingerprint density at radius 2 is 2.17 bits per heavy atom. The van der Waals surface area contributed by atoms with Crippen molar-refractivity contribution in [2.24, 2.45) is 0 Å². The molecule has 23 heavy (non-hydrogen) atoms. The molecule has 3 aromatic rings. The molecule has 0 saturated heterocycles. The predicted molar refractivity (Wildman–Crippen MR) is 88.5 cm³/mol. The standard InChI is InChI=1S/C15H16N6OS/c1-9-19-20-13(21(9)10-6-7-10)8-16-14(22)18-15-17-11-4-2-3-5-12(11)23-15/h2-5,10H,6-8H2,1H3,(H2,16,17,18,22). The zero-order valence-electron chi connectivity index (χ0n) is 12.6. The lowest BCUT2D eigenvalue weighted by Gasteiger charge is -2.08. The lowest BCUT2D eigenvalue weighted by Crippen LogP contribution is -2.29. The van der Waals surface area contributed by atoms with E-state index in [1.54, 1.807) is 0 Å². The third-order valence-electron chi connectivity index (χ3n) is 3.77. The number of fused-ring (bicyclic) bond motifs is 1. The quantitative estimate of drug-likeness (QED) is 0.771. The molecule has 8 heteroatoms. The monoisotopic (exact) mass is 328 g/mol. The van der Waals surface area contributed by atoms with Crippen LogP contribution < -0.4 is 10.6 Å². The Labute approximate surface area is 136 Å². The molecule has 2 heterocycles. The number of nitrogens with one attached hydrogen (secondary N) is 2. The van der Waals surface area contributed by atoms with Gasteiger partial charge < -0.3 is 9.88 Å². The van der Waals surface area contributed by atoms with Crippen molar-refractivity contribution in [3.8, 4) is 0 Å². The number of aryl methyl sites for hydroxylation is 1. The summed E-state index contributed by atoms with van der Waals surface area (Å²) in [5.41, 5.74) is 0.886. The van der Waals surface area contributed by atoms with Crippen LogP contribution in [0.3, 0.4) is 0 Å². The van der Waals surface area contributed by atoms with E-state index in [9.17, 15) is 4.79 Å². The second-order valence-electron chi connectivity index (χ2n) is 5.56. The van der Waals surface area contributed by atoms with E-state index in [0.29, 0.717) is 17.7 Å². The van der Waals surface area contributed by atoms with Crippen LogP contribution in [0.25, 0.3) is 10.2 Å². The summed E-state index contributed by atoms with van der Waals surface area (Å²) in [6.45, 7) is 2.30. The highest BCUT2D eigenvalue weighted by molar-refractivity contribution is 7.22. The van der Waals surface area contributed by atoms with E-state index >= 15 is 0 Å². The molecule has 0 aliphatic heterocycles. The Bertz CT molecular complexity index is 833. The number of benzene rings is 1. The van der Waals surface area contributed by atoms with E-state index in [4.69, 9.17) is 0 Å². The minimum atomic E-state index is -0.285. The van der Waals surface area contributed by atoms with Crippen molar-refractivity contribution in [3.05, 3.63) is 35.9 Å². The Hall–Kier alpha value is -2.48. The number of aromatic nitrogens is 4. The molecular formula is C15H16N6OS. The second-order valence-corrected chi connectivity index (χ2v) is 6.59. The number of nitrogens with zero attached hydrogens (tertiary/aromatic N) is 4. The second kappa shape index (κ2) is 5.62. The van der Waals surface area contributed by atoms with E-state index in [1.807, 2.05) is 31.2 Å². The van der Waals surface area contributed by atoms with Gasteiger partial charge in [0.25, 0.3) is 0 Å². The molecule has 0 radical (unpaired) electrons. The molecule has 118 valence electrons. The molecule has 4 rings (SSSR count). The number of hydrogen-bond acceptors (Lipinski definition) is 5. The van der Waals surface area contributed by atoms with Gasteiger partial charge >= 0.3 is 6.03 Å². The van der Waals surface area contributed by atoms with Gasteiger partial charge in [0.15, 0.2) is 11.0 Å². The average molecular weight is 328 g/mol. The zero-order valence-corrected chi connectivity index (χ0v) is 13.4. The highest BCUT2D eigenvalue weighted by Gasteiger charge is 2.28. The molecule has 0 atom stereocenters. The molecule has 2 N–H and O–H groups in total. The van der Waals surface area contributed by atoms with Gasteiger partial charge in [-0.2, -0.15) is 0 Å². The van der Waals surface area contributed by atoms with Gasteiger partial charge in [-0.05, 0) is 31.9 Å². The van der Waals surface area contributed by atoms with Crippen molar-refractivity contribution >= 4 is 32.7 Å². The summed E-state index contributed by atoms with van der Waals surface area (Å²) in [6, 6.07) is 8.00. The fourth-order valence-corrected chi connectivity index (χ4v) is 3.43. The Balaban J connectivity index is 1.40. The van der Waals surface area contributed by atoms with Gasteiger partial charge in [0.1, 0.15) is 5.82 Å². The Morgan fingerprint density at radius 1 is 1.35 bits per heavy atom. The number of thiazole rings is 1. The zero-order chi connectivity index (χ0) is 15.8. The van der Waals surface area contributed by atoms with Crippen LogP contribution in [-0.2, 0) is 6.54 Å². The smallest absolute Gasteiger partial charge is 0.321 e. The summed E-state index contributed by atoms with van der Waals surface area (Å²) in [5.74, 6) is 1.69. The first kappa shape index (κ1) is 14.1. The Kier molecular flexibility index (Phi) is 3.45. The fraction of sp³-hybridized carbons (Fsp3) is 0.333. The number of carbonyl (C=O) groups is 1. The number of rotatable bonds is 4. The van der Waals surface area contributed by atoms with Crippen LogP contribution >= 0.6 is 11.3 Å². The van der Waals surface area contributed by atoms with Gasteiger partial charge in [-0.3, -0.25) is 5.32 Å². The number of carbonyl (C=O) groups excluding carboxylic acids is 1. The van der Waals surface area contributed by atoms with Crippen LogP contribution in [0.2, 0.25) is 0 Å². The van der Waals surface area contributed by atoms with Crippen LogP contribution in [0.1, 0.15) is 30.5 Å². The lowest BCUT2D eigenvalue weighted by atomic mass is 10.3. The van der Waals surface area contributed by atoms with Gasteiger partial charge in [0, 0.05) is 6.04 Å². The van der Waals surface area contributed by atoms with Crippen LogP contribution in [0, 0.1) is 6.92 Å². The summed E-state index contributed by atoms with van der Waals surface area (Å²) in [6.07, 6.45) is 2.31. The minimum Gasteiger partial charge on any atom is -0.331 e. The van der Waals surface area contributed by atoms with Crippen LogP contribution in [0.15, 0.2) is 24.3 Å². The van der Waals surface area contributed by atoms with Crippen molar-refractivity contribution in [3.63, 3.8) is 0 Å². The molecule has 7 nitrogen and oxygen atoms in total. The topological polar surface area (TPSA) is 84.7 Å². The van der Waals surface area contributed by atoms with E-state index in [0.717, 1.165) is 34.7 Å². The minimum absolute atomic E-state index is 0.285. The van der Waals surface area contributed by atoms with Gasteiger partial charge in [0.05, 0.1) is 16.8 Å². The van der Waals surface area contributed by atoms with Crippen molar-refractivity contribution < 1.29 is 4.79 Å². The summed E-state index contributed by atoms with van der Waals surface area (Å²) < 4.78 is 3.16. The number of amides is 2. The SMILES string of the molecule is Cc1nnc(CNC(=O)Nc2nc3ccccc3s2)n1C1CC1. The maximum absolute atomic E-state index is 12.1. The van der Waals surface area contributed by atoms with Crippen molar-refractivity contribution in [1.82, 2.24) is 25.1 Å². The molecule has 2 aromatic heterocycles. The molecule has 1 aromatic carbocycles. The molecule has 1 aliphatic carbocycles. The van der Waals surface area contributed by atoms with Gasteiger partial charge in [0.2, 0.25) is 0 Å². The molecular weight excluding hydrogens is 312 g/mol. The maximum atomic E-state index is 12.1. The molecule has 1 fully saturated rings. The number of anilines is 1. The normalized spacial score (nSPS) is 14.1. The van der Waals surface area contributed by atoms with E-state index in [2.05, 4.69) is 30.4 Å². The van der Waals surface area contributed by atoms with Crippen LogP contribution in [0.5, 0.6) is 0 Å². The predicted octanol–water partition coefficient (Wildman–Crippen LogP) is 2.85. The number of hydrogen-bond donors (Lipinski definition) is 2. The first-order chi connectivity index (χ1) is 11.2. The average Bonchev–Trinajstić information content (AvgIpc) is 3.18. The molecule has 1 saturated carbocycles.